The van der Waals surface area contributed by atoms with Gasteiger partial charge in [-0.05, 0) is 36.9 Å². The molecule has 0 aromatic carbocycles. The summed E-state index contributed by atoms with van der Waals surface area (Å²) in [6, 6.07) is 0.470. The standard InChI is InChI=1S/C8H10N4S/c13-8-9-10-11-12(8)7-4-5-1-2-6(7)3-5/h1-2,5-7H,3-4H2,(H,9,11,13)/t5-,6+,7+/m0/s1. The first-order valence-electron chi connectivity index (χ1n) is 4.52. The van der Waals surface area contributed by atoms with Gasteiger partial charge < -0.3 is 0 Å². The molecular formula is C8H10N4S. The lowest BCUT2D eigenvalue weighted by Gasteiger charge is -2.17. The van der Waals surface area contributed by atoms with Crippen LogP contribution in [0.2, 0.25) is 0 Å². The number of nitrogens with zero attached hydrogens (tertiary/aromatic N) is 3. The topological polar surface area (TPSA) is 46.5 Å². The third kappa shape index (κ3) is 0.997. The number of nitrogens with one attached hydrogen (secondary N) is 1. The van der Waals surface area contributed by atoms with Gasteiger partial charge in [0.05, 0.1) is 6.04 Å². The molecule has 2 aliphatic rings. The van der Waals surface area contributed by atoms with Crippen molar-refractivity contribution in [2.75, 3.05) is 0 Å². The molecule has 0 saturated heterocycles. The number of allylic oxidation sites excluding steroid dienone is 2. The van der Waals surface area contributed by atoms with Crippen LogP contribution in [0.3, 0.4) is 0 Å². The molecule has 1 aromatic rings. The number of H-pyrrole nitrogens is 1. The summed E-state index contributed by atoms with van der Waals surface area (Å²) in [7, 11) is 0. The van der Waals surface area contributed by atoms with Crippen LogP contribution in [0.5, 0.6) is 0 Å². The normalized spacial score (nSPS) is 35.8. The lowest BCUT2D eigenvalue weighted by molar-refractivity contribution is 0.382. The molecule has 0 unspecified atom stereocenters. The maximum Gasteiger partial charge on any atom is 0.238 e. The van der Waals surface area contributed by atoms with E-state index in [4.69, 9.17) is 12.2 Å². The van der Waals surface area contributed by atoms with Crippen molar-refractivity contribution in [1.82, 2.24) is 20.2 Å². The van der Waals surface area contributed by atoms with Crippen LogP contribution in [0.1, 0.15) is 18.9 Å². The van der Waals surface area contributed by atoms with Crippen LogP contribution in [0, 0.1) is 16.6 Å². The van der Waals surface area contributed by atoms with Crippen molar-refractivity contribution in [3.05, 3.63) is 16.9 Å². The summed E-state index contributed by atoms with van der Waals surface area (Å²) < 4.78 is 2.50. The predicted molar refractivity (Wildman–Crippen MR) is 49.6 cm³/mol. The van der Waals surface area contributed by atoms with Gasteiger partial charge in [-0.2, -0.15) is 5.21 Å². The summed E-state index contributed by atoms with van der Waals surface area (Å²) in [5, 5.41) is 10.4. The Morgan fingerprint density at radius 3 is 2.92 bits per heavy atom. The zero-order valence-electron chi connectivity index (χ0n) is 7.05. The number of tetrazole rings is 1. The minimum Gasteiger partial charge on any atom is -0.239 e. The third-order valence-electron chi connectivity index (χ3n) is 3.07. The highest BCUT2D eigenvalue weighted by atomic mass is 32.1. The quantitative estimate of drug-likeness (QED) is 0.544. The molecule has 5 heteroatoms. The smallest absolute Gasteiger partial charge is 0.238 e. The number of hydrogen-bond acceptors (Lipinski definition) is 3. The summed E-state index contributed by atoms with van der Waals surface area (Å²) in [5.41, 5.74) is 0. The van der Waals surface area contributed by atoms with E-state index in [1.807, 2.05) is 4.68 Å². The summed E-state index contributed by atoms with van der Waals surface area (Å²) >= 11 is 5.07. The van der Waals surface area contributed by atoms with Crippen LogP contribution in [0.4, 0.5) is 0 Å². The zero-order valence-corrected chi connectivity index (χ0v) is 7.87. The van der Waals surface area contributed by atoms with Crippen molar-refractivity contribution in [2.45, 2.75) is 18.9 Å². The summed E-state index contributed by atoms with van der Waals surface area (Å²) in [4.78, 5) is 0. The van der Waals surface area contributed by atoms with Crippen LogP contribution in [0.15, 0.2) is 12.2 Å². The molecule has 0 spiro atoms. The van der Waals surface area contributed by atoms with E-state index in [1.54, 1.807) is 0 Å². The van der Waals surface area contributed by atoms with Gasteiger partial charge in [0.25, 0.3) is 0 Å². The highest BCUT2D eigenvalue weighted by molar-refractivity contribution is 7.71. The Morgan fingerprint density at radius 1 is 1.46 bits per heavy atom. The molecule has 1 saturated carbocycles. The molecule has 1 aromatic heterocycles. The monoisotopic (exact) mass is 194 g/mol. The van der Waals surface area contributed by atoms with E-state index in [-0.39, 0.29) is 0 Å². The van der Waals surface area contributed by atoms with Crippen LogP contribution in [-0.2, 0) is 0 Å². The van der Waals surface area contributed by atoms with Gasteiger partial charge in [0.2, 0.25) is 4.77 Å². The number of aromatic nitrogens is 4. The number of hydrogen-bond donors (Lipinski definition) is 1. The van der Waals surface area contributed by atoms with E-state index in [1.165, 1.54) is 12.8 Å². The lowest BCUT2D eigenvalue weighted by Crippen LogP contribution is -2.15. The number of fused-ring (bicyclic) bond motifs is 2. The third-order valence-corrected chi connectivity index (χ3v) is 3.35. The molecular weight excluding hydrogens is 184 g/mol. The van der Waals surface area contributed by atoms with Crippen molar-refractivity contribution < 1.29 is 0 Å². The second-order valence-corrected chi connectivity index (χ2v) is 4.17. The molecule has 2 bridgehead atoms. The van der Waals surface area contributed by atoms with Gasteiger partial charge in [-0.1, -0.05) is 22.5 Å². The average molecular weight is 194 g/mol. The zero-order chi connectivity index (χ0) is 8.84. The molecule has 1 fully saturated rings. The Kier molecular flexibility index (Phi) is 1.44. The van der Waals surface area contributed by atoms with Gasteiger partial charge in [0.15, 0.2) is 0 Å². The van der Waals surface area contributed by atoms with Gasteiger partial charge >= 0.3 is 0 Å². The van der Waals surface area contributed by atoms with Crippen molar-refractivity contribution >= 4 is 12.2 Å². The average Bonchev–Trinajstić information content (AvgIpc) is 2.77. The fourth-order valence-electron chi connectivity index (χ4n) is 2.47. The van der Waals surface area contributed by atoms with Crippen molar-refractivity contribution in [3.63, 3.8) is 0 Å². The first kappa shape index (κ1) is 7.44. The van der Waals surface area contributed by atoms with Gasteiger partial charge in [0.1, 0.15) is 0 Å². The molecule has 2 aliphatic carbocycles. The summed E-state index contributed by atoms with van der Waals surface area (Å²) in [5.74, 6) is 1.39. The van der Waals surface area contributed by atoms with Crippen molar-refractivity contribution in [2.24, 2.45) is 11.8 Å². The minimum absolute atomic E-state index is 0.470. The van der Waals surface area contributed by atoms with Gasteiger partial charge in [0, 0.05) is 0 Å². The van der Waals surface area contributed by atoms with E-state index < -0.39 is 0 Å². The maximum absolute atomic E-state index is 5.07. The Morgan fingerprint density at radius 2 is 2.38 bits per heavy atom. The van der Waals surface area contributed by atoms with E-state index >= 15 is 0 Å². The first-order valence-corrected chi connectivity index (χ1v) is 4.93. The molecule has 13 heavy (non-hydrogen) atoms. The van der Waals surface area contributed by atoms with Crippen LogP contribution < -0.4 is 0 Å². The molecule has 68 valence electrons. The molecule has 0 radical (unpaired) electrons. The van der Waals surface area contributed by atoms with E-state index in [0.717, 1.165) is 5.92 Å². The van der Waals surface area contributed by atoms with Gasteiger partial charge in [-0.15, -0.1) is 0 Å². The molecule has 0 aliphatic heterocycles. The van der Waals surface area contributed by atoms with E-state index in [0.29, 0.717) is 16.7 Å². The van der Waals surface area contributed by atoms with E-state index in [9.17, 15) is 0 Å². The Balaban J connectivity index is 2.00. The molecule has 1 N–H and O–H groups in total. The summed E-state index contributed by atoms with van der Waals surface area (Å²) in [6.45, 7) is 0. The second kappa shape index (κ2) is 2.51. The highest BCUT2D eigenvalue weighted by Crippen LogP contribution is 2.45. The maximum atomic E-state index is 5.07. The SMILES string of the molecule is S=c1nn[nH]n1[C@@H]1C[C@H]2C=C[C@@H]1C2. The number of rotatable bonds is 1. The molecule has 3 atom stereocenters. The van der Waals surface area contributed by atoms with Gasteiger partial charge in [-0.3, -0.25) is 0 Å². The fourth-order valence-corrected chi connectivity index (χ4v) is 2.69. The predicted octanol–water partition coefficient (Wildman–Crippen LogP) is 1.47. The van der Waals surface area contributed by atoms with Crippen LogP contribution in [-0.4, -0.2) is 20.2 Å². The van der Waals surface area contributed by atoms with Crippen molar-refractivity contribution in [1.29, 1.82) is 0 Å². The van der Waals surface area contributed by atoms with Crippen LogP contribution in [0.25, 0.3) is 0 Å². The Hall–Kier alpha value is -0.970. The van der Waals surface area contributed by atoms with Gasteiger partial charge in [-0.25, -0.2) is 4.68 Å². The fraction of sp³-hybridized carbons (Fsp3) is 0.625. The largest absolute Gasteiger partial charge is 0.239 e. The molecule has 0 amide bonds. The number of aromatic amines is 1. The first-order chi connectivity index (χ1) is 6.34. The molecule has 3 rings (SSSR count). The second-order valence-electron chi connectivity index (χ2n) is 3.80. The minimum atomic E-state index is 0.470. The van der Waals surface area contributed by atoms with Crippen molar-refractivity contribution in [3.8, 4) is 0 Å². The lowest BCUT2D eigenvalue weighted by atomic mass is 10.0. The molecule has 4 nitrogen and oxygen atoms in total. The highest BCUT2D eigenvalue weighted by Gasteiger charge is 2.37. The van der Waals surface area contributed by atoms with E-state index in [2.05, 4.69) is 27.7 Å². The van der Waals surface area contributed by atoms with Crippen LogP contribution >= 0.6 is 12.2 Å². The Bertz CT molecular complexity index is 404. The summed E-state index contributed by atoms with van der Waals surface area (Å²) in [6.07, 6.45) is 7.06. The Labute approximate surface area is 80.6 Å². The molecule has 1 heterocycles.